The van der Waals surface area contributed by atoms with Crippen molar-refractivity contribution in [2.45, 2.75) is 80.2 Å². The van der Waals surface area contributed by atoms with Gasteiger partial charge in [0.25, 0.3) is 0 Å². The molecule has 0 aromatic rings. The van der Waals surface area contributed by atoms with E-state index in [-0.39, 0.29) is 0 Å². The molecule has 1 heteroatoms. The summed E-state index contributed by atoms with van der Waals surface area (Å²) in [6.45, 7) is 20.2. The summed E-state index contributed by atoms with van der Waals surface area (Å²) in [5, 5.41) is 3.33. The first kappa shape index (κ1) is 21.2. The van der Waals surface area contributed by atoms with Gasteiger partial charge in [0.15, 0.2) is 0 Å². The molecule has 128 valence electrons. The average Bonchev–Trinajstić information content (AvgIpc) is 2.47. The van der Waals surface area contributed by atoms with Gasteiger partial charge in [-0.25, -0.2) is 0 Å². The molecule has 0 amide bonds. The third kappa shape index (κ3) is 6.52. The maximum Gasteiger partial charge on any atom is 0.0282 e. The molecule has 0 bridgehead atoms. The smallest absolute Gasteiger partial charge is 0.0282 e. The van der Waals surface area contributed by atoms with Crippen LogP contribution in [0.4, 0.5) is 0 Å². The Morgan fingerprint density at radius 2 is 1.64 bits per heavy atom. The van der Waals surface area contributed by atoms with Crippen molar-refractivity contribution in [2.75, 3.05) is 7.05 Å². The second kappa shape index (κ2) is 10.8. The molecule has 0 aliphatic carbocycles. The second-order valence-electron chi connectivity index (χ2n) is 6.95. The lowest BCUT2D eigenvalue weighted by Gasteiger charge is -2.23. The molecule has 0 radical (unpaired) electrons. The standard InChI is InChI=1S/C21H39N/c1-10-19(14-20(11-2)22-9)17(7)18(8)21(12-3)16(6)13-15(4)5/h11,15-16,20,22H,2,10,12-14H2,1,3-9H3/b19-17+,21-18+/t16-,20+/m0/s1. The van der Waals surface area contributed by atoms with Crippen LogP contribution in [0.3, 0.4) is 0 Å². The minimum Gasteiger partial charge on any atom is -0.313 e. The average molecular weight is 306 g/mol. The van der Waals surface area contributed by atoms with Crippen molar-refractivity contribution < 1.29 is 0 Å². The van der Waals surface area contributed by atoms with Crippen LogP contribution in [0, 0.1) is 11.8 Å². The molecule has 0 aromatic heterocycles. The highest BCUT2D eigenvalue weighted by Crippen LogP contribution is 2.30. The Morgan fingerprint density at radius 3 is 2.00 bits per heavy atom. The highest BCUT2D eigenvalue weighted by molar-refractivity contribution is 5.37. The van der Waals surface area contributed by atoms with Crippen LogP contribution in [-0.2, 0) is 0 Å². The summed E-state index contributed by atoms with van der Waals surface area (Å²) in [6, 6.07) is 0.371. The molecule has 0 aromatic carbocycles. The normalized spacial score (nSPS) is 17.0. The molecule has 0 aliphatic heterocycles. The fraction of sp³-hybridized carbons (Fsp3) is 0.714. The minimum atomic E-state index is 0.371. The lowest BCUT2D eigenvalue weighted by atomic mass is 9.84. The van der Waals surface area contributed by atoms with E-state index in [1.165, 1.54) is 17.6 Å². The van der Waals surface area contributed by atoms with Gasteiger partial charge in [-0.15, -0.1) is 6.58 Å². The van der Waals surface area contributed by atoms with Crippen molar-refractivity contribution in [3.05, 3.63) is 34.9 Å². The van der Waals surface area contributed by atoms with Gasteiger partial charge in [-0.1, -0.05) is 51.8 Å². The lowest BCUT2D eigenvalue weighted by Crippen LogP contribution is -2.23. The summed E-state index contributed by atoms with van der Waals surface area (Å²) >= 11 is 0. The summed E-state index contributed by atoms with van der Waals surface area (Å²) in [7, 11) is 2.01. The summed E-state index contributed by atoms with van der Waals surface area (Å²) in [6.07, 6.45) is 6.64. The summed E-state index contributed by atoms with van der Waals surface area (Å²) in [5.74, 6) is 1.44. The quantitative estimate of drug-likeness (QED) is 0.369. The third-order valence-electron chi connectivity index (χ3n) is 4.92. The number of likely N-dealkylation sites (N-methyl/N-ethyl adjacent to an activating group) is 1. The van der Waals surface area contributed by atoms with E-state index in [1.807, 2.05) is 13.1 Å². The Kier molecular flexibility index (Phi) is 10.4. The van der Waals surface area contributed by atoms with Gasteiger partial charge in [0, 0.05) is 6.04 Å². The molecule has 22 heavy (non-hydrogen) atoms. The molecule has 0 unspecified atom stereocenters. The van der Waals surface area contributed by atoms with E-state index in [2.05, 4.69) is 60.4 Å². The van der Waals surface area contributed by atoms with Crippen LogP contribution in [-0.4, -0.2) is 13.1 Å². The predicted molar refractivity (Wildman–Crippen MR) is 102 cm³/mol. The molecule has 0 aliphatic rings. The van der Waals surface area contributed by atoms with Crippen molar-refractivity contribution in [2.24, 2.45) is 11.8 Å². The Morgan fingerprint density at radius 1 is 1.05 bits per heavy atom. The van der Waals surface area contributed by atoms with E-state index >= 15 is 0 Å². The maximum absolute atomic E-state index is 3.94. The molecular formula is C21H39N. The Bertz CT molecular complexity index is 398. The van der Waals surface area contributed by atoms with Crippen molar-refractivity contribution >= 4 is 0 Å². The van der Waals surface area contributed by atoms with Crippen LogP contribution < -0.4 is 5.32 Å². The zero-order valence-electron chi connectivity index (χ0n) is 16.3. The molecule has 0 heterocycles. The first-order valence-corrected chi connectivity index (χ1v) is 9.00. The zero-order valence-corrected chi connectivity index (χ0v) is 16.3. The van der Waals surface area contributed by atoms with Gasteiger partial charge in [-0.05, 0) is 69.6 Å². The first-order chi connectivity index (χ1) is 10.3. The van der Waals surface area contributed by atoms with Gasteiger partial charge in [-0.2, -0.15) is 0 Å². The molecular weight excluding hydrogens is 266 g/mol. The summed E-state index contributed by atoms with van der Waals surface area (Å²) < 4.78 is 0. The molecule has 2 atom stereocenters. The Balaban J connectivity index is 5.54. The highest BCUT2D eigenvalue weighted by atomic mass is 14.9. The topological polar surface area (TPSA) is 12.0 Å². The monoisotopic (exact) mass is 305 g/mol. The van der Waals surface area contributed by atoms with Crippen molar-refractivity contribution in [1.29, 1.82) is 0 Å². The van der Waals surface area contributed by atoms with Gasteiger partial charge in [0.2, 0.25) is 0 Å². The molecule has 0 spiro atoms. The number of rotatable bonds is 10. The fourth-order valence-corrected chi connectivity index (χ4v) is 3.47. The van der Waals surface area contributed by atoms with E-state index in [0.29, 0.717) is 12.0 Å². The van der Waals surface area contributed by atoms with Gasteiger partial charge in [0.1, 0.15) is 0 Å². The zero-order chi connectivity index (χ0) is 17.3. The highest BCUT2D eigenvalue weighted by Gasteiger charge is 2.15. The van der Waals surface area contributed by atoms with E-state index in [1.54, 1.807) is 11.1 Å². The first-order valence-electron chi connectivity index (χ1n) is 9.00. The van der Waals surface area contributed by atoms with Crippen LogP contribution in [0.2, 0.25) is 0 Å². The Hall–Kier alpha value is -0.820. The van der Waals surface area contributed by atoms with E-state index < -0.39 is 0 Å². The lowest BCUT2D eigenvalue weighted by molar-refractivity contribution is 0.476. The fourth-order valence-electron chi connectivity index (χ4n) is 3.47. The van der Waals surface area contributed by atoms with Gasteiger partial charge >= 0.3 is 0 Å². The van der Waals surface area contributed by atoms with Crippen LogP contribution in [0.1, 0.15) is 74.1 Å². The van der Waals surface area contributed by atoms with Gasteiger partial charge in [-0.3, -0.25) is 0 Å². The molecule has 0 saturated heterocycles. The predicted octanol–water partition coefficient (Wildman–Crippen LogP) is 6.29. The molecule has 1 nitrogen and oxygen atoms in total. The number of allylic oxidation sites excluding steroid dienone is 3. The van der Waals surface area contributed by atoms with Crippen LogP contribution >= 0.6 is 0 Å². The third-order valence-corrected chi connectivity index (χ3v) is 4.92. The van der Waals surface area contributed by atoms with Crippen molar-refractivity contribution in [3.63, 3.8) is 0 Å². The van der Waals surface area contributed by atoms with Gasteiger partial charge in [0.05, 0.1) is 0 Å². The van der Waals surface area contributed by atoms with E-state index in [0.717, 1.165) is 25.2 Å². The van der Waals surface area contributed by atoms with E-state index in [4.69, 9.17) is 0 Å². The second-order valence-corrected chi connectivity index (χ2v) is 6.95. The molecule has 1 N–H and O–H groups in total. The van der Waals surface area contributed by atoms with Crippen molar-refractivity contribution in [1.82, 2.24) is 5.32 Å². The van der Waals surface area contributed by atoms with E-state index in [9.17, 15) is 0 Å². The van der Waals surface area contributed by atoms with Crippen LogP contribution in [0.15, 0.2) is 34.9 Å². The number of hydrogen-bond donors (Lipinski definition) is 1. The molecule has 0 rings (SSSR count). The maximum atomic E-state index is 3.94. The van der Waals surface area contributed by atoms with Gasteiger partial charge < -0.3 is 5.32 Å². The SMILES string of the molecule is C=C[C@H](C/C(CC)=C(C)/C(C)=C(\CC)[C@@H](C)CC(C)C)NC. The number of nitrogens with one attached hydrogen (secondary N) is 1. The largest absolute Gasteiger partial charge is 0.313 e. The van der Waals surface area contributed by atoms with Crippen LogP contribution in [0.5, 0.6) is 0 Å². The molecule has 0 saturated carbocycles. The summed E-state index contributed by atoms with van der Waals surface area (Å²) in [4.78, 5) is 0. The van der Waals surface area contributed by atoms with Crippen molar-refractivity contribution in [3.8, 4) is 0 Å². The Labute approximate surface area is 140 Å². The summed E-state index contributed by atoms with van der Waals surface area (Å²) in [5.41, 5.74) is 6.21. The van der Waals surface area contributed by atoms with Crippen LogP contribution in [0.25, 0.3) is 0 Å². The minimum absolute atomic E-state index is 0.371. The molecule has 0 fully saturated rings. The number of hydrogen-bond acceptors (Lipinski definition) is 1.